The van der Waals surface area contributed by atoms with Gasteiger partial charge in [-0.25, -0.2) is 9.48 Å². The van der Waals surface area contributed by atoms with Crippen LogP contribution >= 0.6 is 0 Å². The third-order valence-corrected chi connectivity index (χ3v) is 3.56. The molecule has 2 aromatic rings. The second kappa shape index (κ2) is 6.04. The molecule has 3 heterocycles. The molecule has 11 nitrogen and oxygen atoms in total. The number of H-pyrrole nitrogens is 1. The Labute approximate surface area is 128 Å². The van der Waals surface area contributed by atoms with Crippen LogP contribution in [0.15, 0.2) is 28.0 Å². The minimum Gasteiger partial charge on any atom is -0.394 e. The van der Waals surface area contributed by atoms with E-state index in [4.69, 9.17) is 9.84 Å². The van der Waals surface area contributed by atoms with E-state index in [2.05, 4.69) is 15.3 Å². The van der Waals surface area contributed by atoms with Gasteiger partial charge in [0.2, 0.25) is 0 Å². The van der Waals surface area contributed by atoms with Crippen LogP contribution in [0.25, 0.3) is 0 Å². The van der Waals surface area contributed by atoms with E-state index in [1.54, 1.807) is 0 Å². The molecule has 0 saturated carbocycles. The molecule has 1 fully saturated rings. The van der Waals surface area contributed by atoms with Crippen LogP contribution in [-0.4, -0.2) is 64.8 Å². The van der Waals surface area contributed by atoms with E-state index >= 15 is 0 Å². The smallest absolute Gasteiger partial charge is 0.328 e. The van der Waals surface area contributed by atoms with Crippen LogP contribution in [0.5, 0.6) is 0 Å². The minimum atomic E-state index is -1.27. The summed E-state index contributed by atoms with van der Waals surface area (Å²) in [6.45, 7) is -0.381. The number of nitrogens with one attached hydrogen (secondary N) is 1. The predicted octanol–water partition coefficient (Wildman–Crippen LogP) is -3.21. The van der Waals surface area contributed by atoms with Crippen LogP contribution < -0.4 is 11.2 Å². The summed E-state index contributed by atoms with van der Waals surface area (Å²) >= 11 is 0. The molecule has 1 aliphatic heterocycles. The van der Waals surface area contributed by atoms with Crippen LogP contribution in [-0.2, 0) is 11.3 Å². The lowest BCUT2D eigenvalue weighted by Crippen LogP contribution is -2.33. The molecule has 23 heavy (non-hydrogen) atoms. The highest BCUT2D eigenvalue weighted by Gasteiger charge is 2.43. The van der Waals surface area contributed by atoms with E-state index in [0.29, 0.717) is 5.69 Å². The van der Waals surface area contributed by atoms with Crippen LogP contribution in [0.2, 0.25) is 0 Å². The van der Waals surface area contributed by atoms with E-state index in [-0.39, 0.29) is 6.54 Å². The van der Waals surface area contributed by atoms with E-state index in [1.807, 2.05) is 0 Å². The second-order valence-corrected chi connectivity index (χ2v) is 5.16. The summed E-state index contributed by atoms with van der Waals surface area (Å²) in [6, 6.07) is 1.21. The topological polar surface area (TPSA) is 155 Å². The van der Waals surface area contributed by atoms with Crippen LogP contribution in [0, 0.1) is 0 Å². The van der Waals surface area contributed by atoms with Crippen molar-refractivity contribution in [3.63, 3.8) is 0 Å². The Morgan fingerprint density at radius 1 is 1.30 bits per heavy atom. The van der Waals surface area contributed by atoms with Gasteiger partial charge in [-0.15, -0.1) is 5.10 Å². The first-order chi connectivity index (χ1) is 11.0. The number of ether oxygens (including phenoxy) is 1. The zero-order valence-corrected chi connectivity index (χ0v) is 11.8. The number of aromatic nitrogens is 5. The molecule has 4 atom stereocenters. The van der Waals surface area contributed by atoms with Gasteiger partial charge in [-0.2, -0.15) is 0 Å². The molecule has 0 radical (unpaired) electrons. The van der Waals surface area contributed by atoms with Crippen molar-refractivity contribution in [2.75, 3.05) is 6.61 Å². The van der Waals surface area contributed by atoms with Crippen molar-refractivity contribution in [3.05, 3.63) is 45.0 Å². The lowest BCUT2D eigenvalue weighted by Gasteiger charge is -2.13. The summed E-state index contributed by atoms with van der Waals surface area (Å²) < 4.78 is 7.75. The molecule has 124 valence electrons. The maximum Gasteiger partial charge on any atom is 0.328 e. The molecule has 1 saturated heterocycles. The number of rotatable bonds is 4. The van der Waals surface area contributed by atoms with Gasteiger partial charge in [-0.05, 0) is 0 Å². The molecular formula is C12H15N5O6. The number of aromatic amines is 1. The first-order valence-corrected chi connectivity index (χ1v) is 6.82. The maximum atomic E-state index is 11.6. The highest BCUT2D eigenvalue weighted by Crippen LogP contribution is 2.28. The van der Waals surface area contributed by atoms with Gasteiger partial charge in [0.15, 0.2) is 6.23 Å². The van der Waals surface area contributed by atoms with E-state index in [9.17, 15) is 19.8 Å². The summed E-state index contributed by atoms with van der Waals surface area (Å²) in [5, 5.41) is 36.4. The highest BCUT2D eigenvalue weighted by atomic mass is 16.6. The number of nitrogens with zero attached hydrogens (tertiary/aromatic N) is 4. The van der Waals surface area contributed by atoms with Gasteiger partial charge < -0.3 is 20.1 Å². The van der Waals surface area contributed by atoms with Gasteiger partial charge in [-0.3, -0.25) is 14.3 Å². The fraction of sp³-hybridized carbons (Fsp3) is 0.500. The highest BCUT2D eigenvalue weighted by molar-refractivity contribution is 4.98. The van der Waals surface area contributed by atoms with Crippen LogP contribution in [0.1, 0.15) is 11.9 Å². The molecule has 2 aromatic heterocycles. The average Bonchev–Trinajstić information content (AvgIpc) is 3.08. The molecule has 0 unspecified atom stereocenters. The molecule has 0 amide bonds. The molecule has 0 spiro atoms. The van der Waals surface area contributed by atoms with Crippen molar-refractivity contribution in [3.8, 4) is 0 Å². The van der Waals surface area contributed by atoms with E-state index in [0.717, 1.165) is 0 Å². The summed E-state index contributed by atoms with van der Waals surface area (Å²) in [6.07, 6.45) is -1.64. The first kappa shape index (κ1) is 15.6. The molecule has 0 aromatic carbocycles. The fourth-order valence-electron chi connectivity index (χ4n) is 2.35. The Balaban J connectivity index is 1.78. The quantitative estimate of drug-likeness (QED) is 0.458. The van der Waals surface area contributed by atoms with Crippen molar-refractivity contribution < 1.29 is 20.1 Å². The van der Waals surface area contributed by atoms with Crippen molar-refractivity contribution in [2.24, 2.45) is 0 Å². The average molecular weight is 325 g/mol. The summed E-state index contributed by atoms with van der Waals surface area (Å²) in [7, 11) is 0. The molecular weight excluding hydrogens is 310 g/mol. The van der Waals surface area contributed by atoms with Crippen molar-refractivity contribution in [1.29, 1.82) is 0 Å². The third-order valence-electron chi connectivity index (χ3n) is 3.56. The van der Waals surface area contributed by atoms with Crippen molar-refractivity contribution in [1.82, 2.24) is 24.5 Å². The molecule has 3 rings (SSSR count). The maximum absolute atomic E-state index is 11.6. The third kappa shape index (κ3) is 2.94. The SMILES string of the molecule is O=c1ccn(Cc2cn([C@@H]3O[C@H](CO)[C@@H](O)[C@H]3O)nn2)c(=O)[nH]1. The van der Waals surface area contributed by atoms with Gasteiger partial charge in [-0.1, -0.05) is 5.21 Å². The van der Waals surface area contributed by atoms with Crippen molar-refractivity contribution in [2.45, 2.75) is 31.1 Å². The van der Waals surface area contributed by atoms with E-state index in [1.165, 1.54) is 27.7 Å². The second-order valence-electron chi connectivity index (χ2n) is 5.16. The molecule has 11 heteroatoms. The van der Waals surface area contributed by atoms with Crippen LogP contribution in [0.4, 0.5) is 0 Å². The molecule has 0 aliphatic carbocycles. The lowest BCUT2D eigenvalue weighted by atomic mass is 10.1. The number of hydrogen-bond donors (Lipinski definition) is 4. The Morgan fingerprint density at radius 3 is 2.74 bits per heavy atom. The Kier molecular flexibility index (Phi) is 4.09. The van der Waals surface area contributed by atoms with E-state index < -0.39 is 42.4 Å². The van der Waals surface area contributed by atoms with Gasteiger partial charge in [0.25, 0.3) is 5.56 Å². The Hall–Kier alpha value is -2.34. The van der Waals surface area contributed by atoms with Gasteiger partial charge >= 0.3 is 5.69 Å². The normalized spacial score (nSPS) is 27.4. The standard InChI is InChI=1S/C12H15N5O6/c18-5-7-9(20)10(21)11(23-7)17-4-6(14-15-17)3-16-2-1-8(19)13-12(16)22/h1-2,4,7,9-11,18,20-21H,3,5H2,(H,13,19,22)/t7-,9-,10-,11-/m1/s1. The fourth-order valence-corrected chi connectivity index (χ4v) is 2.35. The number of hydrogen-bond acceptors (Lipinski definition) is 8. The monoisotopic (exact) mass is 325 g/mol. The minimum absolute atomic E-state index is 0.0599. The number of aliphatic hydroxyl groups excluding tert-OH is 3. The molecule has 4 N–H and O–H groups in total. The predicted molar refractivity (Wildman–Crippen MR) is 73.5 cm³/mol. The Morgan fingerprint density at radius 2 is 2.09 bits per heavy atom. The lowest BCUT2D eigenvalue weighted by molar-refractivity contribution is -0.0594. The number of aliphatic hydroxyl groups is 3. The van der Waals surface area contributed by atoms with Gasteiger partial charge in [0.05, 0.1) is 19.3 Å². The molecule has 1 aliphatic rings. The summed E-state index contributed by atoms with van der Waals surface area (Å²) in [5.41, 5.74) is -0.696. The largest absolute Gasteiger partial charge is 0.394 e. The first-order valence-electron chi connectivity index (χ1n) is 6.82. The summed E-state index contributed by atoms with van der Waals surface area (Å²) in [4.78, 5) is 24.7. The Bertz CT molecular complexity index is 797. The molecule has 0 bridgehead atoms. The van der Waals surface area contributed by atoms with Gasteiger partial charge in [0.1, 0.15) is 24.0 Å². The summed E-state index contributed by atoms with van der Waals surface area (Å²) in [5.74, 6) is 0. The van der Waals surface area contributed by atoms with Crippen LogP contribution in [0.3, 0.4) is 0 Å². The zero-order valence-electron chi connectivity index (χ0n) is 11.8. The zero-order chi connectivity index (χ0) is 16.6. The van der Waals surface area contributed by atoms with Crippen molar-refractivity contribution >= 4 is 0 Å². The van der Waals surface area contributed by atoms with Gasteiger partial charge in [0, 0.05) is 12.3 Å².